The molecule has 8 nitrogen and oxygen atoms in total. The monoisotopic (exact) mass is 393 g/mol. The summed E-state index contributed by atoms with van der Waals surface area (Å²) in [4.78, 5) is 34.9. The molecule has 3 aromatic rings. The molecule has 0 aliphatic carbocycles. The number of pyridine rings is 1. The molecule has 0 aliphatic heterocycles. The Hall–Kier alpha value is -3.55. The minimum Gasteiger partial charge on any atom is -0.339 e. The lowest BCUT2D eigenvalue weighted by Crippen LogP contribution is -2.30. The van der Waals surface area contributed by atoms with Crippen LogP contribution >= 0.6 is 0 Å². The van der Waals surface area contributed by atoms with Gasteiger partial charge in [-0.3, -0.25) is 14.6 Å². The van der Waals surface area contributed by atoms with Crippen molar-refractivity contribution in [3.05, 3.63) is 60.1 Å². The summed E-state index contributed by atoms with van der Waals surface area (Å²) in [6, 6.07) is 12.4. The van der Waals surface area contributed by atoms with Crippen molar-refractivity contribution in [2.75, 3.05) is 18.4 Å². The Labute approximate surface area is 169 Å². The van der Waals surface area contributed by atoms with E-state index in [0.717, 1.165) is 0 Å². The van der Waals surface area contributed by atoms with Gasteiger partial charge in [-0.15, -0.1) is 0 Å². The lowest BCUT2D eigenvalue weighted by atomic mass is 10.1. The molecule has 0 spiro atoms. The third kappa shape index (κ3) is 5.25. The Bertz CT molecular complexity index is 967. The molecule has 0 saturated heterocycles. The second-order valence-electron chi connectivity index (χ2n) is 6.33. The fourth-order valence-electron chi connectivity index (χ4n) is 2.82. The third-order valence-corrected chi connectivity index (χ3v) is 4.37. The molecule has 0 fully saturated rings. The largest absolute Gasteiger partial charge is 0.339 e. The molecular weight excluding hydrogens is 370 g/mol. The van der Waals surface area contributed by atoms with Gasteiger partial charge in [0, 0.05) is 43.4 Å². The van der Waals surface area contributed by atoms with Crippen LogP contribution < -0.4 is 5.32 Å². The van der Waals surface area contributed by atoms with Crippen molar-refractivity contribution >= 4 is 17.5 Å². The summed E-state index contributed by atoms with van der Waals surface area (Å²) in [6.45, 7) is 5.14. The molecule has 0 aliphatic rings. The number of anilines is 1. The molecule has 0 bridgehead atoms. The summed E-state index contributed by atoms with van der Waals surface area (Å²) in [5.74, 6) is 0.504. The van der Waals surface area contributed by atoms with Crippen LogP contribution in [0.4, 0.5) is 5.69 Å². The zero-order valence-corrected chi connectivity index (χ0v) is 16.5. The Morgan fingerprint density at radius 3 is 2.66 bits per heavy atom. The molecule has 0 radical (unpaired) electrons. The number of amides is 2. The molecule has 2 amide bonds. The molecule has 2 aromatic heterocycles. The highest BCUT2D eigenvalue weighted by molar-refractivity contribution is 5.97. The van der Waals surface area contributed by atoms with E-state index < -0.39 is 0 Å². The van der Waals surface area contributed by atoms with E-state index in [0.29, 0.717) is 48.2 Å². The number of benzene rings is 1. The van der Waals surface area contributed by atoms with E-state index in [4.69, 9.17) is 4.52 Å². The number of hydrogen-bond acceptors (Lipinski definition) is 6. The summed E-state index contributed by atoms with van der Waals surface area (Å²) in [5, 5.41) is 6.70. The van der Waals surface area contributed by atoms with Gasteiger partial charge in [-0.1, -0.05) is 17.3 Å². The normalized spacial score (nSPS) is 10.6. The van der Waals surface area contributed by atoms with E-state index in [2.05, 4.69) is 20.4 Å². The van der Waals surface area contributed by atoms with Crippen LogP contribution in [0.25, 0.3) is 11.5 Å². The average molecular weight is 393 g/mol. The molecule has 0 unspecified atom stereocenters. The van der Waals surface area contributed by atoms with Crippen molar-refractivity contribution in [3.63, 3.8) is 0 Å². The van der Waals surface area contributed by atoms with Gasteiger partial charge in [0.25, 0.3) is 5.91 Å². The molecule has 3 rings (SSSR count). The number of nitrogens with zero attached hydrogens (tertiary/aromatic N) is 4. The van der Waals surface area contributed by atoms with Crippen molar-refractivity contribution in [2.24, 2.45) is 0 Å². The van der Waals surface area contributed by atoms with Crippen LogP contribution in [0.1, 0.15) is 36.5 Å². The minimum atomic E-state index is -0.199. The molecular formula is C21H23N5O3. The van der Waals surface area contributed by atoms with Gasteiger partial charge in [0.05, 0.1) is 0 Å². The first-order valence-electron chi connectivity index (χ1n) is 9.53. The van der Waals surface area contributed by atoms with Gasteiger partial charge < -0.3 is 14.7 Å². The Morgan fingerprint density at radius 1 is 1.10 bits per heavy atom. The zero-order valence-electron chi connectivity index (χ0n) is 16.5. The van der Waals surface area contributed by atoms with Crippen molar-refractivity contribution in [2.45, 2.75) is 26.7 Å². The van der Waals surface area contributed by atoms with Crippen molar-refractivity contribution in [1.29, 1.82) is 0 Å². The molecule has 0 atom stereocenters. The highest BCUT2D eigenvalue weighted by Gasteiger charge is 2.14. The molecule has 8 heteroatoms. The van der Waals surface area contributed by atoms with E-state index >= 15 is 0 Å². The van der Waals surface area contributed by atoms with Gasteiger partial charge in [-0.25, -0.2) is 0 Å². The van der Waals surface area contributed by atoms with Crippen molar-refractivity contribution < 1.29 is 14.1 Å². The second kappa shape index (κ2) is 9.59. The molecule has 1 N–H and O–H groups in total. The number of nitrogens with one attached hydrogen (secondary N) is 1. The fraction of sp³-hybridized carbons (Fsp3) is 0.286. The molecule has 29 heavy (non-hydrogen) atoms. The van der Waals surface area contributed by atoms with E-state index in [1.807, 2.05) is 19.9 Å². The topological polar surface area (TPSA) is 101 Å². The predicted octanol–water partition coefficient (Wildman–Crippen LogP) is 3.18. The third-order valence-electron chi connectivity index (χ3n) is 4.37. The van der Waals surface area contributed by atoms with Crippen molar-refractivity contribution in [1.82, 2.24) is 20.0 Å². The van der Waals surface area contributed by atoms with Crippen molar-refractivity contribution in [3.8, 4) is 11.5 Å². The first-order chi connectivity index (χ1) is 14.1. The Kier molecular flexibility index (Phi) is 6.67. The van der Waals surface area contributed by atoms with E-state index in [1.165, 1.54) is 0 Å². The van der Waals surface area contributed by atoms with Gasteiger partial charge in [0.15, 0.2) is 0 Å². The average Bonchev–Trinajstić information content (AvgIpc) is 3.23. The summed E-state index contributed by atoms with van der Waals surface area (Å²) in [5.41, 5.74) is 1.73. The zero-order chi connectivity index (χ0) is 20.6. The number of aromatic nitrogens is 3. The quantitative estimate of drug-likeness (QED) is 0.631. The fourth-order valence-corrected chi connectivity index (χ4v) is 2.82. The lowest BCUT2D eigenvalue weighted by molar-refractivity contribution is -0.116. The maximum Gasteiger partial charge on any atom is 0.253 e. The van der Waals surface area contributed by atoms with Crippen LogP contribution in [-0.4, -0.2) is 44.9 Å². The van der Waals surface area contributed by atoms with E-state index in [-0.39, 0.29) is 18.2 Å². The predicted molar refractivity (Wildman–Crippen MR) is 108 cm³/mol. The van der Waals surface area contributed by atoms with Crippen LogP contribution in [0.5, 0.6) is 0 Å². The van der Waals surface area contributed by atoms with Gasteiger partial charge in [-0.05, 0) is 44.2 Å². The Morgan fingerprint density at radius 2 is 1.93 bits per heavy atom. The number of carbonyl (C=O) groups excluding carboxylic acids is 2. The van der Waals surface area contributed by atoms with Crippen LogP contribution in [0.15, 0.2) is 53.2 Å². The standard InChI is InChI=1S/C21H23N5O3/c1-3-26(4-2)21(28)15-8-7-9-16(14-15)23-18(27)11-12-19-24-20(25-29-19)17-10-5-6-13-22-17/h5-10,13-14H,3-4,11-12H2,1-2H3,(H,23,27). The number of hydrogen-bond donors (Lipinski definition) is 1. The minimum absolute atomic E-state index is 0.0565. The highest BCUT2D eigenvalue weighted by atomic mass is 16.5. The number of carbonyl (C=O) groups is 2. The van der Waals surface area contributed by atoms with Crippen LogP contribution in [0, 0.1) is 0 Å². The first kappa shape index (κ1) is 20.2. The van der Waals surface area contributed by atoms with Gasteiger partial charge in [-0.2, -0.15) is 4.98 Å². The van der Waals surface area contributed by atoms with Gasteiger partial charge >= 0.3 is 0 Å². The van der Waals surface area contributed by atoms with Gasteiger partial charge in [0.2, 0.25) is 17.6 Å². The summed E-state index contributed by atoms with van der Waals surface area (Å²) in [7, 11) is 0. The number of rotatable bonds is 8. The van der Waals surface area contributed by atoms with Crippen LogP contribution in [0.3, 0.4) is 0 Å². The summed E-state index contributed by atoms with van der Waals surface area (Å²) in [6.07, 6.45) is 2.14. The van der Waals surface area contributed by atoms with Crippen LogP contribution in [-0.2, 0) is 11.2 Å². The van der Waals surface area contributed by atoms with E-state index in [1.54, 1.807) is 47.5 Å². The first-order valence-corrected chi connectivity index (χ1v) is 9.53. The van der Waals surface area contributed by atoms with Crippen LogP contribution in [0.2, 0.25) is 0 Å². The Balaban J connectivity index is 1.57. The molecule has 150 valence electrons. The highest BCUT2D eigenvalue weighted by Crippen LogP contribution is 2.15. The number of aryl methyl sites for hydroxylation is 1. The molecule has 2 heterocycles. The lowest BCUT2D eigenvalue weighted by Gasteiger charge is -2.19. The summed E-state index contributed by atoms with van der Waals surface area (Å²) < 4.78 is 5.19. The smallest absolute Gasteiger partial charge is 0.253 e. The SMILES string of the molecule is CCN(CC)C(=O)c1cccc(NC(=O)CCc2nc(-c3ccccn3)no2)c1. The maximum atomic E-state index is 12.5. The maximum absolute atomic E-state index is 12.5. The van der Waals surface area contributed by atoms with E-state index in [9.17, 15) is 9.59 Å². The molecule has 1 aromatic carbocycles. The second-order valence-corrected chi connectivity index (χ2v) is 6.33. The van der Waals surface area contributed by atoms with Gasteiger partial charge in [0.1, 0.15) is 5.69 Å². The summed E-state index contributed by atoms with van der Waals surface area (Å²) >= 11 is 0. The molecule has 0 saturated carbocycles.